The van der Waals surface area contributed by atoms with E-state index in [0.717, 1.165) is 55.6 Å². The fourth-order valence-corrected chi connectivity index (χ4v) is 6.12. The molecule has 5 rings (SSSR count). The van der Waals surface area contributed by atoms with Gasteiger partial charge in [0, 0.05) is 17.0 Å². The molecule has 0 amide bonds. The van der Waals surface area contributed by atoms with Crippen molar-refractivity contribution in [3.05, 3.63) is 152 Å². The predicted octanol–water partition coefficient (Wildman–Crippen LogP) is 11.3. The summed E-state index contributed by atoms with van der Waals surface area (Å²) < 4.78 is 39.3. The van der Waals surface area contributed by atoms with Crippen LogP contribution in [-0.4, -0.2) is 16.9 Å². The number of carboxylic acid groups (broad SMARTS) is 1. The number of aryl methyl sites for hydroxylation is 4. The molecule has 246 valence electrons. The molecule has 5 aromatic rings. The molecule has 0 fully saturated rings. The summed E-state index contributed by atoms with van der Waals surface area (Å²) in [5.41, 5.74) is 8.33. The number of carbonyl (C=O) groups excluding carboxylic acids is 1. The smallest absolute Gasteiger partial charge is 0.416 e. The minimum absolute atomic E-state index is 0.0443. The van der Waals surface area contributed by atoms with E-state index in [0.29, 0.717) is 29.5 Å². The van der Waals surface area contributed by atoms with Crippen molar-refractivity contribution in [2.75, 3.05) is 0 Å². The summed E-state index contributed by atoms with van der Waals surface area (Å²) in [6.45, 7) is 7.95. The number of halogens is 4. The lowest BCUT2D eigenvalue weighted by Gasteiger charge is -2.18. The minimum atomic E-state index is -4.38. The first-order chi connectivity index (χ1) is 22.7. The van der Waals surface area contributed by atoms with Crippen LogP contribution in [0.3, 0.4) is 0 Å². The largest absolute Gasteiger partial charge is 0.478 e. The van der Waals surface area contributed by atoms with Gasteiger partial charge in [-0.05, 0) is 113 Å². The van der Waals surface area contributed by atoms with E-state index in [9.17, 15) is 27.9 Å². The van der Waals surface area contributed by atoms with Crippen LogP contribution in [0.15, 0.2) is 97.1 Å². The number of carboxylic acids is 1. The second kappa shape index (κ2) is 14.2. The van der Waals surface area contributed by atoms with Crippen LogP contribution in [0, 0.1) is 13.8 Å². The van der Waals surface area contributed by atoms with Crippen molar-refractivity contribution < 1.29 is 27.9 Å². The molecule has 5 aromatic carbocycles. The number of benzene rings is 5. The number of ketones is 1. The molecule has 48 heavy (non-hydrogen) atoms. The third-order valence-corrected chi connectivity index (χ3v) is 9.27. The summed E-state index contributed by atoms with van der Waals surface area (Å²) in [6.07, 6.45) is -3.43. The van der Waals surface area contributed by atoms with Gasteiger partial charge in [-0.3, -0.25) is 4.79 Å². The Hall–Kier alpha value is -4.68. The quantitative estimate of drug-likeness (QED) is 0.151. The van der Waals surface area contributed by atoms with Crippen LogP contribution in [0.25, 0.3) is 22.3 Å². The van der Waals surface area contributed by atoms with E-state index in [-0.39, 0.29) is 23.7 Å². The maximum absolute atomic E-state index is 13.4. The van der Waals surface area contributed by atoms with E-state index in [2.05, 4.69) is 0 Å². The molecule has 0 unspecified atom stereocenters. The third kappa shape index (κ3) is 7.88. The highest BCUT2D eigenvalue weighted by Gasteiger charge is 2.30. The molecule has 0 atom stereocenters. The molecule has 0 aromatic heterocycles. The lowest BCUT2D eigenvalue weighted by atomic mass is 9.86. The first-order valence-electron chi connectivity index (χ1n) is 15.8. The summed E-state index contributed by atoms with van der Waals surface area (Å²) in [5.74, 6) is -1.25. The number of alkyl halides is 3. The number of hydrogen-bond donors (Lipinski definition) is 1. The molecule has 0 saturated carbocycles. The van der Waals surface area contributed by atoms with Crippen LogP contribution in [0.1, 0.15) is 79.4 Å². The Balaban J connectivity index is 1.36. The van der Waals surface area contributed by atoms with E-state index in [4.69, 9.17) is 11.6 Å². The summed E-state index contributed by atoms with van der Waals surface area (Å²) in [4.78, 5) is 25.9. The van der Waals surface area contributed by atoms with Gasteiger partial charge in [0.15, 0.2) is 5.78 Å². The highest BCUT2D eigenvalue weighted by molar-refractivity contribution is 6.32. The van der Waals surface area contributed by atoms with E-state index in [1.54, 1.807) is 24.3 Å². The van der Waals surface area contributed by atoms with Gasteiger partial charge in [-0.2, -0.15) is 13.2 Å². The van der Waals surface area contributed by atoms with Gasteiger partial charge in [-0.15, -0.1) is 0 Å². The molecular weight excluding hydrogens is 633 g/mol. The summed E-state index contributed by atoms with van der Waals surface area (Å²) in [6, 6.07) is 27.8. The van der Waals surface area contributed by atoms with Crippen LogP contribution < -0.4 is 0 Å². The lowest BCUT2D eigenvalue weighted by molar-refractivity contribution is -0.137. The molecule has 7 heteroatoms. The number of Topliss-reactive ketones (excluding diaryl/α,β-unsaturated/α-hetero) is 1. The van der Waals surface area contributed by atoms with Crippen LogP contribution in [0.5, 0.6) is 0 Å². The van der Waals surface area contributed by atoms with E-state index >= 15 is 0 Å². The molecule has 0 heterocycles. The average Bonchev–Trinajstić information content (AvgIpc) is 3.05. The zero-order valence-electron chi connectivity index (χ0n) is 27.2. The van der Waals surface area contributed by atoms with Gasteiger partial charge in [0.05, 0.1) is 11.1 Å². The summed E-state index contributed by atoms with van der Waals surface area (Å²) in [7, 11) is 0. The third-order valence-electron chi connectivity index (χ3n) is 8.68. The highest BCUT2D eigenvalue weighted by atomic mass is 35.5. The fraction of sp³-hybridized carbons (Fsp3) is 0.220. The van der Waals surface area contributed by atoms with E-state index in [1.165, 1.54) is 12.1 Å². The number of hydrogen-bond acceptors (Lipinski definition) is 2. The van der Waals surface area contributed by atoms with Crippen molar-refractivity contribution in [3.8, 4) is 22.3 Å². The second-order valence-corrected chi connectivity index (χ2v) is 12.9. The van der Waals surface area contributed by atoms with Gasteiger partial charge in [0.25, 0.3) is 0 Å². The molecule has 0 bridgehead atoms. The Bertz CT molecular complexity index is 1950. The molecule has 0 aliphatic heterocycles. The van der Waals surface area contributed by atoms with Crippen molar-refractivity contribution in [1.29, 1.82) is 0 Å². The predicted molar refractivity (Wildman–Crippen MR) is 186 cm³/mol. The zero-order chi connectivity index (χ0) is 34.7. The van der Waals surface area contributed by atoms with Crippen LogP contribution in [-0.2, 0) is 25.4 Å². The van der Waals surface area contributed by atoms with Crippen LogP contribution in [0.2, 0.25) is 5.02 Å². The van der Waals surface area contributed by atoms with Crippen molar-refractivity contribution in [2.24, 2.45) is 0 Å². The van der Waals surface area contributed by atoms with Gasteiger partial charge in [0.1, 0.15) is 0 Å². The molecule has 3 nitrogen and oxygen atoms in total. The molecule has 0 aliphatic carbocycles. The Kier molecular flexibility index (Phi) is 10.3. The topological polar surface area (TPSA) is 54.4 Å². The van der Waals surface area contributed by atoms with Gasteiger partial charge in [-0.25, -0.2) is 4.79 Å². The van der Waals surface area contributed by atoms with Gasteiger partial charge >= 0.3 is 12.1 Å². The maximum atomic E-state index is 13.4. The number of rotatable bonds is 10. The zero-order valence-corrected chi connectivity index (χ0v) is 28.0. The van der Waals surface area contributed by atoms with Crippen LogP contribution >= 0.6 is 11.6 Å². The number of aromatic carboxylic acids is 1. The van der Waals surface area contributed by atoms with Crippen LogP contribution in [0.4, 0.5) is 13.2 Å². The maximum Gasteiger partial charge on any atom is 0.416 e. The van der Waals surface area contributed by atoms with Gasteiger partial charge < -0.3 is 5.11 Å². The standard InChI is InChI=1S/C41H36ClF3O3/c1-24(2)35-21-33(22-38(46)31-16-14-29(15-17-31)32-18-25(3)39(42)26(4)19-32)37(40(47)48)23-36(35)30-12-10-27(11-13-30)8-9-28-6-5-7-34(20-28)41(43,44)45/h5-7,10-21,23-24H,8-9,22H2,1-4H3,(H,47,48). The second-order valence-electron chi connectivity index (χ2n) is 12.6. The minimum Gasteiger partial charge on any atom is -0.478 e. The molecule has 1 N–H and O–H groups in total. The average molecular weight is 669 g/mol. The molecule has 0 aliphatic rings. The first kappa shape index (κ1) is 34.6. The van der Waals surface area contributed by atoms with Gasteiger partial charge in [-0.1, -0.05) is 98.2 Å². The van der Waals surface area contributed by atoms with E-state index in [1.807, 2.05) is 82.3 Å². The molecular formula is C41H36ClF3O3. The SMILES string of the molecule is Cc1cc(-c2ccc(C(=O)Cc3cc(C(C)C)c(-c4ccc(CCc5cccc(C(F)(F)F)c5)cc4)cc3C(=O)O)cc2)cc(C)c1Cl. The summed E-state index contributed by atoms with van der Waals surface area (Å²) >= 11 is 6.33. The monoisotopic (exact) mass is 668 g/mol. The Morgan fingerprint density at radius 2 is 1.35 bits per heavy atom. The Labute approximate surface area is 284 Å². The Morgan fingerprint density at radius 3 is 1.94 bits per heavy atom. The number of carbonyl (C=O) groups is 2. The summed E-state index contributed by atoms with van der Waals surface area (Å²) in [5, 5.41) is 10.9. The first-order valence-corrected chi connectivity index (χ1v) is 16.1. The fourth-order valence-electron chi connectivity index (χ4n) is 6.02. The normalized spacial score (nSPS) is 11.6. The lowest BCUT2D eigenvalue weighted by Crippen LogP contribution is -2.11. The Morgan fingerprint density at radius 1 is 0.750 bits per heavy atom. The molecule has 0 saturated heterocycles. The molecule has 0 radical (unpaired) electrons. The van der Waals surface area contributed by atoms with E-state index < -0.39 is 17.7 Å². The van der Waals surface area contributed by atoms with Crippen molar-refractivity contribution >= 4 is 23.4 Å². The van der Waals surface area contributed by atoms with Crippen molar-refractivity contribution in [3.63, 3.8) is 0 Å². The van der Waals surface area contributed by atoms with Crippen molar-refractivity contribution in [1.82, 2.24) is 0 Å². The molecule has 0 spiro atoms. The van der Waals surface area contributed by atoms with Gasteiger partial charge in [0.2, 0.25) is 0 Å². The van der Waals surface area contributed by atoms with Crippen molar-refractivity contribution in [2.45, 2.75) is 59.1 Å². The highest BCUT2D eigenvalue weighted by Crippen LogP contribution is 2.34.